The molecule has 0 unspecified atom stereocenters. The highest BCUT2D eigenvalue weighted by Crippen LogP contribution is 2.38. The van der Waals surface area contributed by atoms with Crippen LogP contribution in [0.4, 0.5) is 0 Å². The highest BCUT2D eigenvalue weighted by molar-refractivity contribution is 6.74. The monoisotopic (exact) mass is 371 g/mol. The summed E-state index contributed by atoms with van der Waals surface area (Å²) in [6.07, 6.45) is 0. The zero-order valence-electron chi connectivity index (χ0n) is 16.9. The first-order chi connectivity index (χ1) is 12.1. The maximum atomic E-state index is 11.1. The Balaban J connectivity index is 2.24. The lowest BCUT2D eigenvalue weighted by Crippen LogP contribution is -2.43. The number of hydroxylamine groups is 2. The van der Waals surface area contributed by atoms with Crippen LogP contribution in [0.15, 0.2) is 60.7 Å². The van der Waals surface area contributed by atoms with Crippen LogP contribution in [0.3, 0.4) is 0 Å². The molecule has 2 aromatic carbocycles. The second kappa shape index (κ2) is 8.48. The molecule has 0 aliphatic carbocycles. The van der Waals surface area contributed by atoms with Gasteiger partial charge in [0.15, 0.2) is 8.32 Å². The van der Waals surface area contributed by atoms with E-state index in [4.69, 9.17) is 4.43 Å². The van der Waals surface area contributed by atoms with Crippen LogP contribution in [0, 0.1) is 0 Å². The molecule has 1 N–H and O–H groups in total. The molecule has 0 amide bonds. The summed E-state index contributed by atoms with van der Waals surface area (Å²) in [6.45, 7) is 13.7. The lowest BCUT2D eigenvalue weighted by Gasteiger charge is -2.39. The molecule has 4 heteroatoms. The molecule has 2 rings (SSSR count). The standard InChI is InChI=1S/C22H33NO2Si/c1-18(19-13-9-7-10-14-19)23(24)21(20-15-11-8-12-16-20)17-25-26(5,6)22(2,3)4/h7-16,18,21,24H,17H2,1-6H3/t18-,21-/m1/s1. The van der Waals surface area contributed by atoms with E-state index in [-0.39, 0.29) is 17.1 Å². The molecule has 0 aliphatic heterocycles. The van der Waals surface area contributed by atoms with E-state index >= 15 is 0 Å². The van der Waals surface area contributed by atoms with Gasteiger partial charge < -0.3 is 9.63 Å². The van der Waals surface area contributed by atoms with Crippen LogP contribution in [-0.4, -0.2) is 25.2 Å². The molecular formula is C22H33NO2Si. The van der Waals surface area contributed by atoms with E-state index in [0.717, 1.165) is 11.1 Å². The van der Waals surface area contributed by atoms with Crippen molar-refractivity contribution in [1.82, 2.24) is 5.06 Å². The Morgan fingerprint density at radius 3 is 1.85 bits per heavy atom. The zero-order valence-corrected chi connectivity index (χ0v) is 17.9. The van der Waals surface area contributed by atoms with E-state index in [2.05, 4.69) is 46.0 Å². The van der Waals surface area contributed by atoms with E-state index in [1.54, 1.807) is 0 Å². The van der Waals surface area contributed by atoms with Crippen LogP contribution in [0.1, 0.15) is 50.9 Å². The first kappa shape index (κ1) is 20.8. The molecular weight excluding hydrogens is 338 g/mol. The van der Waals surface area contributed by atoms with Crippen LogP contribution < -0.4 is 0 Å². The second-order valence-electron chi connectivity index (χ2n) is 8.46. The van der Waals surface area contributed by atoms with Gasteiger partial charge in [0.25, 0.3) is 0 Å². The number of hydrogen-bond acceptors (Lipinski definition) is 3. The quantitative estimate of drug-likeness (QED) is 0.464. The van der Waals surface area contributed by atoms with Gasteiger partial charge in [-0.3, -0.25) is 0 Å². The molecule has 0 aromatic heterocycles. The Labute approximate surface area is 159 Å². The van der Waals surface area contributed by atoms with Crippen molar-refractivity contribution < 1.29 is 9.63 Å². The number of benzene rings is 2. The molecule has 3 nitrogen and oxygen atoms in total. The third-order valence-corrected chi connectivity index (χ3v) is 10.1. The van der Waals surface area contributed by atoms with Gasteiger partial charge in [-0.1, -0.05) is 81.4 Å². The minimum Gasteiger partial charge on any atom is -0.415 e. The van der Waals surface area contributed by atoms with E-state index in [1.165, 1.54) is 5.06 Å². The third-order valence-electron chi connectivity index (χ3n) is 5.59. The van der Waals surface area contributed by atoms with Crippen LogP contribution in [-0.2, 0) is 4.43 Å². The predicted molar refractivity (Wildman–Crippen MR) is 111 cm³/mol. The fraction of sp³-hybridized carbons (Fsp3) is 0.455. The molecule has 142 valence electrons. The summed E-state index contributed by atoms with van der Waals surface area (Å²) in [7, 11) is -1.90. The first-order valence-electron chi connectivity index (χ1n) is 9.34. The molecule has 26 heavy (non-hydrogen) atoms. The lowest BCUT2D eigenvalue weighted by atomic mass is 10.0. The number of hydrogen-bond donors (Lipinski definition) is 1. The van der Waals surface area contributed by atoms with Crippen molar-refractivity contribution >= 4 is 8.32 Å². The molecule has 0 bridgehead atoms. The first-order valence-corrected chi connectivity index (χ1v) is 12.3. The normalized spacial score (nSPS) is 15.1. The van der Waals surface area contributed by atoms with Crippen molar-refractivity contribution in [1.29, 1.82) is 0 Å². The summed E-state index contributed by atoms with van der Waals surface area (Å²) in [4.78, 5) is 0. The Kier molecular flexibility index (Phi) is 6.80. The lowest BCUT2D eigenvalue weighted by molar-refractivity contribution is -0.168. The summed E-state index contributed by atoms with van der Waals surface area (Å²) in [6, 6.07) is 19.9. The van der Waals surface area contributed by atoms with Gasteiger partial charge >= 0.3 is 0 Å². The molecule has 0 heterocycles. The van der Waals surface area contributed by atoms with Crippen molar-refractivity contribution in [3.8, 4) is 0 Å². The van der Waals surface area contributed by atoms with E-state index < -0.39 is 8.32 Å². The number of nitrogens with zero attached hydrogens (tertiary/aromatic N) is 1. The van der Waals surface area contributed by atoms with Gasteiger partial charge in [0, 0.05) is 0 Å². The summed E-state index contributed by atoms with van der Waals surface area (Å²) in [5.41, 5.74) is 2.15. The van der Waals surface area contributed by atoms with E-state index in [0.29, 0.717) is 6.61 Å². The highest BCUT2D eigenvalue weighted by Gasteiger charge is 2.38. The second-order valence-corrected chi connectivity index (χ2v) is 13.3. The van der Waals surface area contributed by atoms with Crippen LogP contribution in [0.25, 0.3) is 0 Å². The van der Waals surface area contributed by atoms with Gasteiger partial charge in [-0.05, 0) is 36.2 Å². The molecule has 0 saturated heterocycles. The number of rotatable bonds is 7. The Bertz CT molecular complexity index is 668. The van der Waals surface area contributed by atoms with Crippen molar-refractivity contribution in [2.24, 2.45) is 0 Å². The van der Waals surface area contributed by atoms with Crippen LogP contribution in [0.2, 0.25) is 18.1 Å². The van der Waals surface area contributed by atoms with Crippen LogP contribution in [0.5, 0.6) is 0 Å². The van der Waals surface area contributed by atoms with Crippen molar-refractivity contribution in [3.63, 3.8) is 0 Å². The molecule has 2 aromatic rings. The fourth-order valence-corrected chi connectivity index (χ4v) is 3.67. The Hall–Kier alpha value is -1.46. The third kappa shape index (κ3) is 5.04. The van der Waals surface area contributed by atoms with Gasteiger partial charge in [0.2, 0.25) is 0 Å². The minimum absolute atomic E-state index is 0.121. The molecule has 0 saturated carbocycles. The van der Waals surface area contributed by atoms with Gasteiger partial charge in [-0.25, -0.2) is 0 Å². The average Bonchev–Trinajstić information content (AvgIpc) is 2.61. The summed E-state index contributed by atoms with van der Waals surface area (Å²) in [5.74, 6) is 0. The van der Waals surface area contributed by atoms with Crippen molar-refractivity contribution in [2.45, 2.75) is 57.9 Å². The van der Waals surface area contributed by atoms with Gasteiger partial charge in [-0.15, -0.1) is 0 Å². The highest BCUT2D eigenvalue weighted by atomic mass is 28.4. The smallest absolute Gasteiger partial charge is 0.192 e. The molecule has 0 radical (unpaired) electrons. The summed E-state index contributed by atoms with van der Waals surface area (Å²) < 4.78 is 6.45. The maximum absolute atomic E-state index is 11.1. The SMILES string of the molecule is C[C@H](c1ccccc1)N(O)[C@H](CO[Si](C)(C)C(C)(C)C)c1ccccc1. The Morgan fingerprint density at radius 2 is 1.38 bits per heavy atom. The van der Waals surface area contributed by atoms with Gasteiger partial charge in [0.1, 0.15) is 0 Å². The van der Waals surface area contributed by atoms with Crippen LogP contribution >= 0.6 is 0 Å². The summed E-state index contributed by atoms with van der Waals surface area (Å²) >= 11 is 0. The topological polar surface area (TPSA) is 32.7 Å². The van der Waals surface area contributed by atoms with Gasteiger partial charge in [0.05, 0.1) is 18.7 Å². The van der Waals surface area contributed by atoms with Crippen molar-refractivity contribution in [3.05, 3.63) is 71.8 Å². The van der Waals surface area contributed by atoms with Crippen molar-refractivity contribution in [2.75, 3.05) is 6.61 Å². The fourth-order valence-electron chi connectivity index (χ4n) is 2.66. The molecule has 0 fully saturated rings. The molecule has 0 spiro atoms. The molecule has 2 atom stereocenters. The summed E-state index contributed by atoms with van der Waals surface area (Å²) in [5, 5.41) is 12.6. The predicted octanol–water partition coefficient (Wildman–Crippen LogP) is 6.20. The maximum Gasteiger partial charge on any atom is 0.192 e. The minimum atomic E-state index is -1.90. The van der Waals surface area contributed by atoms with E-state index in [9.17, 15) is 5.21 Å². The molecule has 0 aliphatic rings. The van der Waals surface area contributed by atoms with Gasteiger partial charge in [-0.2, -0.15) is 5.06 Å². The van der Waals surface area contributed by atoms with E-state index in [1.807, 2.05) is 55.5 Å². The Morgan fingerprint density at radius 1 is 0.923 bits per heavy atom. The largest absolute Gasteiger partial charge is 0.415 e. The average molecular weight is 372 g/mol. The zero-order chi connectivity index (χ0) is 19.4.